The van der Waals surface area contributed by atoms with Crippen molar-refractivity contribution in [2.75, 3.05) is 7.05 Å². The Balaban J connectivity index is 2.11. The molecule has 124 valence electrons. The summed E-state index contributed by atoms with van der Waals surface area (Å²) >= 11 is 0. The lowest BCUT2D eigenvalue weighted by Crippen LogP contribution is -1.99. The number of rotatable bonds is 4. The molecule has 3 nitrogen and oxygen atoms in total. The van der Waals surface area contributed by atoms with Crippen LogP contribution in [0.5, 0.6) is 0 Å². The molecular formula is C22H21N3. The lowest BCUT2D eigenvalue weighted by molar-refractivity contribution is 1.26. The molecule has 1 heterocycles. The van der Waals surface area contributed by atoms with Crippen molar-refractivity contribution in [3.63, 3.8) is 0 Å². The fourth-order valence-electron chi connectivity index (χ4n) is 2.79. The average molecular weight is 327 g/mol. The first-order valence-electron chi connectivity index (χ1n) is 8.27. The lowest BCUT2D eigenvalue weighted by atomic mass is 9.95. The Morgan fingerprint density at radius 3 is 2.52 bits per heavy atom. The van der Waals surface area contributed by atoms with Gasteiger partial charge in [-0.2, -0.15) is 0 Å². The molecule has 0 bridgehead atoms. The highest BCUT2D eigenvalue weighted by Crippen LogP contribution is 2.31. The lowest BCUT2D eigenvalue weighted by Gasteiger charge is -2.12. The molecule has 0 radical (unpaired) electrons. The van der Waals surface area contributed by atoms with Crippen LogP contribution in [0.3, 0.4) is 0 Å². The summed E-state index contributed by atoms with van der Waals surface area (Å²) in [5.41, 5.74) is 7.35. The zero-order valence-corrected chi connectivity index (χ0v) is 14.8. The minimum atomic E-state index is 0.908. The van der Waals surface area contributed by atoms with Crippen molar-refractivity contribution >= 4 is 17.6 Å². The molecule has 25 heavy (non-hydrogen) atoms. The Morgan fingerprint density at radius 1 is 1.00 bits per heavy atom. The maximum atomic E-state index is 4.73. The molecule has 0 spiro atoms. The van der Waals surface area contributed by atoms with E-state index in [0.29, 0.717) is 0 Å². The van der Waals surface area contributed by atoms with Gasteiger partial charge in [-0.3, -0.25) is 15.0 Å². The van der Waals surface area contributed by atoms with Gasteiger partial charge in [0.1, 0.15) is 0 Å². The van der Waals surface area contributed by atoms with Crippen molar-refractivity contribution in [1.82, 2.24) is 4.98 Å². The second-order valence-electron chi connectivity index (χ2n) is 5.93. The summed E-state index contributed by atoms with van der Waals surface area (Å²) in [5, 5.41) is 0. The smallest absolute Gasteiger partial charge is 0.0726 e. The van der Waals surface area contributed by atoms with Gasteiger partial charge < -0.3 is 0 Å². The maximum absolute atomic E-state index is 4.73. The molecule has 0 unspecified atom stereocenters. The predicted octanol–water partition coefficient (Wildman–Crippen LogP) is 5.25. The Kier molecular flexibility index (Phi) is 5.14. The van der Waals surface area contributed by atoms with E-state index in [2.05, 4.69) is 34.2 Å². The fourth-order valence-corrected chi connectivity index (χ4v) is 2.79. The molecule has 0 saturated carbocycles. The molecule has 3 aromatic rings. The first-order valence-corrected chi connectivity index (χ1v) is 8.27. The van der Waals surface area contributed by atoms with Gasteiger partial charge >= 0.3 is 0 Å². The molecule has 3 heteroatoms. The summed E-state index contributed by atoms with van der Waals surface area (Å²) in [6.07, 6.45) is 5.52. The van der Waals surface area contributed by atoms with E-state index >= 15 is 0 Å². The molecule has 0 aliphatic rings. The van der Waals surface area contributed by atoms with Crippen LogP contribution < -0.4 is 0 Å². The minimum Gasteiger partial charge on any atom is -0.293 e. The summed E-state index contributed by atoms with van der Waals surface area (Å²) in [6, 6.07) is 18.6. The van der Waals surface area contributed by atoms with Crippen LogP contribution in [-0.2, 0) is 0 Å². The van der Waals surface area contributed by atoms with Crippen LogP contribution in [0.15, 0.2) is 77.0 Å². The molecule has 2 aromatic carbocycles. The molecule has 0 aliphatic carbocycles. The number of hydrogen-bond acceptors (Lipinski definition) is 3. The predicted molar refractivity (Wildman–Crippen MR) is 106 cm³/mol. The van der Waals surface area contributed by atoms with E-state index in [0.717, 1.165) is 39.2 Å². The fraction of sp³-hybridized carbons (Fsp3) is 0.136. The van der Waals surface area contributed by atoms with Gasteiger partial charge in [0.05, 0.1) is 5.69 Å². The van der Waals surface area contributed by atoms with Crippen molar-refractivity contribution in [1.29, 1.82) is 0 Å². The van der Waals surface area contributed by atoms with Gasteiger partial charge in [-0.05, 0) is 42.7 Å². The SMILES string of the molecule is CN=C(C)c1c(N=Cc2cncc(C)c2)cccc1-c1ccccc1. The zero-order chi connectivity index (χ0) is 17.6. The van der Waals surface area contributed by atoms with Crippen LogP contribution in [0.1, 0.15) is 23.6 Å². The third kappa shape index (κ3) is 3.89. The molecule has 0 saturated heterocycles. The van der Waals surface area contributed by atoms with Gasteiger partial charge in [0.2, 0.25) is 0 Å². The summed E-state index contributed by atoms with van der Waals surface area (Å²) in [5.74, 6) is 0. The number of benzene rings is 2. The van der Waals surface area contributed by atoms with E-state index < -0.39 is 0 Å². The van der Waals surface area contributed by atoms with Gasteiger partial charge in [-0.15, -0.1) is 0 Å². The summed E-state index contributed by atoms with van der Waals surface area (Å²) in [7, 11) is 1.81. The summed E-state index contributed by atoms with van der Waals surface area (Å²) in [4.78, 5) is 13.4. The molecule has 0 atom stereocenters. The Bertz CT molecular complexity index is 925. The van der Waals surface area contributed by atoms with E-state index in [4.69, 9.17) is 4.99 Å². The number of hydrogen-bond donors (Lipinski definition) is 0. The second-order valence-corrected chi connectivity index (χ2v) is 5.93. The number of nitrogens with zero attached hydrogens (tertiary/aromatic N) is 3. The Labute approximate surface area is 148 Å². The number of aromatic nitrogens is 1. The summed E-state index contributed by atoms with van der Waals surface area (Å²) < 4.78 is 0. The van der Waals surface area contributed by atoms with E-state index in [1.807, 2.05) is 69.8 Å². The first kappa shape index (κ1) is 16.8. The highest BCUT2D eigenvalue weighted by Gasteiger charge is 2.12. The Hall–Kier alpha value is -3.07. The van der Waals surface area contributed by atoms with Crippen LogP contribution in [0.2, 0.25) is 0 Å². The van der Waals surface area contributed by atoms with Crippen LogP contribution in [0.4, 0.5) is 5.69 Å². The Morgan fingerprint density at radius 2 is 1.80 bits per heavy atom. The van der Waals surface area contributed by atoms with Crippen molar-refractivity contribution in [2.45, 2.75) is 13.8 Å². The van der Waals surface area contributed by atoms with Crippen LogP contribution in [0.25, 0.3) is 11.1 Å². The van der Waals surface area contributed by atoms with Gasteiger partial charge in [0, 0.05) is 42.5 Å². The van der Waals surface area contributed by atoms with Gasteiger partial charge in [-0.25, -0.2) is 0 Å². The minimum absolute atomic E-state index is 0.908. The maximum Gasteiger partial charge on any atom is 0.0726 e. The third-order valence-electron chi connectivity index (χ3n) is 4.07. The van der Waals surface area contributed by atoms with Crippen LogP contribution >= 0.6 is 0 Å². The van der Waals surface area contributed by atoms with Crippen molar-refractivity contribution in [3.8, 4) is 11.1 Å². The zero-order valence-electron chi connectivity index (χ0n) is 14.8. The van der Waals surface area contributed by atoms with Gasteiger partial charge in [0.15, 0.2) is 0 Å². The number of aliphatic imine (C=N–C) groups is 2. The van der Waals surface area contributed by atoms with Crippen molar-refractivity contribution < 1.29 is 0 Å². The second kappa shape index (κ2) is 7.67. The summed E-state index contributed by atoms with van der Waals surface area (Å²) in [6.45, 7) is 4.05. The van der Waals surface area contributed by atoms with E-state index in [9.17, 15) is 0 Å². The monoisotopic (exact) mass is 327 g/mol. The van der Waals surface area contributed by atoms with E-state index in [-0.39, 0.29) is 0 Å². The molecule has 0 N–H and O–H groups in total. The third-order valence-corrected chi connectivity index (χ3v) is 4.07. The number of pyridine rings is 1. The van der Waals surface area contributed by atoms with Crippen LogP contribution in [-0.4, -0.2) is 24.0 Å². The van der Waals surface area contributed by atoms with Crippen molar-refractivity contribution in [3.05, 3.63) is 83.7 Å². The topological polar surface area (TPSA) is 37.6 Å². The van der Waals surface area contributed by atoms with E-state index in [1.54, 1.807) is 0 Å². The van der Waals surface area contributed by atoms with Gasteiger partial charge in [0.25, 0.3) is 0 Å². The van der Waals surface area contributed by atoms with Crippen LogP contribution in [0, 0.1) is 6.92 Å². The number of aryl methyl sites for hydroxylation is 1. The molecule has 0 aliphatic heterocycles. The standard InChI is InChI=1S/C22H21N3/c1-16-12-18(14-24-13-16)15-25-21-11-7-10-20(22(21)17(2)23-3)19-8-5-4-6-9-19/h4-15H,1-3H3. The van der Waals surface area contributed by atoms with Gasteiger partial charge in [-0.1, -0.05) is 42.5 Å². The highest BCUT2D eigenvalue weighted by molar-refractivity contribution is 6.09. The molecule has 3 rings (SSSR count). The normalized spacial score (nSPS) is 11.9. The molecular weight excluding hydrogens is 306 g/mol. The largest absolute Gasteiger partial charge is 0.293 e. The average Bonchev–Trinajstić information content (AvgIpc) is 2.66. The molecule has 0 amide bonds. The quantitative estimate of drug-likeness (QED) is 0.603. The molecule has 1 aromatic heterocycles. The molecule has 0 fully saturated rings. The highest BCUT2D eigenvalue weighted by atomic mass is 14.7. The van der Waals surface area contributed by atoms with Crippen molar-refractivity contribution in [2.24, 2.45) is 9.98 Å². The first-order chi connectivity index (χ1) is 12.2. The van der Waals surface area contributed by atoms with E-state index in [1.165, 1.54) is 0 Å².